The van der Waals surface area contributed by atoms with Crippen molar-refractivity contribution in [2.75, 3.05) is 0 Å². The highest BCUT2D eigenvalue weighted by atomic mass is 16.8. The summed E-state index contributed by atoms with van der Waals surface area (Å²) in [4.78, 5) is 12.2. The fourth-order valence-electron chi connectivity index (χ4n) is 2.81. The van der Waals surface area contributed by atoms with Crippen LogP contribution in [-0.4, -0.2) is 36.4 Å². The van der Waals surface area contributed by atoms with Crippen LogP contribution in [0, 0.1) is 0 Å². The Bertz CT molecular complexity index is 513. The number of carbonyl (C=O) groups excluding carboxylic acids is 1. The molecule has 21 heavy (non-hydrogen) atoms. The van der Waals surface area contributed by atoms with Crippen LogP contribution in [0.2, 0.25) is 0 Å². The summed E-state index contributed by atoms with van der Waals surface area (Å²) in [5, 5.41) is 0. The van der Waals surface area contributed by atoms with Crippen molar-refractivity contribution in [3.63, 3.8) is 0 Å². The smallest absolute Gasteiger partial charge is 0.340 e. The number of benzene rings is 1. The molecule has 5 nitrogen and oxygen atoms in total. The second-order valence-corrected chi connectivity index (χ2v) is 5.96. The van der Waals surface area contributed by atoms with Crippen molar-refractivity contribution < 1.29 is 23.7 Å². The topological polar surface area (TPSA) is 54.0 Å². The SMILES string of the molecule is C[C@@H]1C[C@@H]2OC(C)(C)O[C@H]2[C@@H](OC(=O)c2ccccc2)O1. The lowest BCUT2D eigenvalue weighted by Gasteiger charge is -2.34. The molecule has 0 unspecified atom stereocenters. The number of carbonyl (C=O) groups is 1. The molecule has 2 aliphatic rings. The molecule has 0 aliphatic carbocycles. The van der Waals surface area contributed by atoms with E-state index in [4.69, 9.17) is 18.9 Å². The quantitative estimate of drug-likeness (QED) is 0.784. The maximum absolute atomic E-state index is 12.2. The summed E-state index contributed by atoms with van der Waals surface area (Å²) < 4.78 is 22.9. The first-order chi connectivity index (χ1) is 9.94. The zero-order valence-electron chi connectivity index (χ0n) is 12.4. The summed E-state index contributed by atoms with van der Waals surface area (Å²) in [6, 6.07) is 8.86. The molecular formula is C16H20O5. The van der Waals surface area contributed by atoms with Gasteiger partial charge in [-0.25, -0.2) is 4.79 Å². The molecule has 114 valence electrons. The summed E-state index contributed by atoms with van der Waals surface area (Å²) >= 11 is 0. The Hall–Kier alpha value is -1.43. The normalized spacial score (nSPS) is 34.2. The van der Waals surface area contributed by atoms with E-state index in [9.17, 15) is 4.79 Å². The lowest BCUT2D eigenvalue weighted by molar-refractivity contribution is -0.225. The molecule has 0 spiro atoms. The molecule has 0 amide bonds. The number of hydrogen-bond donors (Lipinski definition) is 0. The van der Waals surface area contributed by atoms with E-state index in [-0.39, 0.29) is 18.3 Å². The average molecular weight is 292 g/mol. The fraction of sp³-hybridized carbons (Fsp3) is 0.562. The van der Waals surface area contributed by atoms with E-state index in [1.54, 1.807) is 24.3 Å². The van der Waals surface area contributed by atoms with Crippen LogP contribution in [0.15, 0.2) is 30.3 Å². The van der Waals surface area contributed by atoms with E-state index in [1.807, 2.05) is 26.8 Å². The Morgan fingerprint density at radius 3 is 2.67 bits per heavy atom. The third kappa shape index (κ3) is 3.10. The van der Waals surface area contributed by atoms with Gasteiger partial charge >= 0.3 is 5.97 Å². The van der Waals surface area contributed by atoms with Crippen LogP contribution >= 0.6 is 0 Å². The molecule has 3 rings (SSSR count). The van der Waals surface area contributed by atoms with Crippen LogP contribution in [0.5, 0.6) is 0 Å². The van der Waals surface area contributed by atoms with Crippen molar-refractivity contribution in [3.8, 4) is 0 Å². The number of ether oxygens (including phenoxy) is 4. The van der Waals surface area contributed by atoms with Crippen LogP contribution in [-0.2, 0) is 18.9 Å². The molecule has 2 aliphatic heterocycles. The van der Waals surface area contributed by atoms with Gasteiger partial charge in [-0.05, 0) is 32.9 Å². The van der Waals surface area contributed by atoms with Crippen molar-refractivity contribution >= 4 is 5.97 Å². The summed E-state index contributed by atoms with van der Waals surface area (Å²) in [6.07, 6.45) is -0.556. The highest BCUT2D eigenvalue weighted by Crippen LogP contribution is 2.37. The molecule has 4 atom stereocenters. The Labute approximate surface area is 124 Å². The van der Waals surface area contributed by atoms with E-state index in [1.165, 1.54) is 0 Å². The van der Waals surface area contributed by atoms with E-state index in [0.29, 0.717) is 5.56 Å². The average Bonchev–Trinajstić information content (AvgIpc) is 2.74. The third-order valence-corrected chi connectivity index (χ3v) is 3.65. The van der Waals surface area contributed by atoms with Gasteiger partial charge < -0.3 is 18.9 Å². The first kappa shape index (κ1) is 14.5. The Balaban J connectivity index is 1.73. The van der Waals surface area contributed by atoms with Crippen LogP contribution < -0.4 is 0 Å². The third-order valence-electron chi connectivity index (χ3n) is 3.65. The van der Waals surface area contributed by atoms with Gasteiger partial charge in [0, 0.05) is 6.42 Å². The zero-order valence-corrected chi connectivity index (χ0v) is 12.4. The molecule has 5 heteroatoms. The van der Waals surface area contributed by atoms with Crippen molar-refractivity contribution in [3.05, 3.63) is 35.9 Å². The van der Waals surface area contributed by atoms with Crippen LogP contribution in [0.3, 0.4) is 0 Å². The van der Waals surface area contributed by atoms with E-state index in [0.717, 1.165) is 6.42 Å². The van der Waals surface area contributed by atoms with Crippen LogP contribution in [0.4, 0.5) is 0 Å². The van der Waals surface area contributed by atoms with Gasteiger partial charge in [0.2, 0.25) is 6.29 Å². The molecule has 0 radical (unpaired) electrons. The van der Waals surface area contributed by atoms with Crippen LogP contribution in [0.25, 0.3) is 0 Å². The van der Waals surface area contributed by atoms with Gasteiger partial charge in [0.25, 0.3) is 0 Å². The molecule has 2 heterocycles. The van der Waals surface area contributed by atoms with Gasteiger partial charge in [-0.1, -0.05) is 18.2 Å². The molecule has 2 saturated heterocycles. The standard InChI is InChI=1S/C16H20O5/c1-10-9-12-13(21-16(2,3)20-12)15(18-10)19-14(17)11-7-5-4-6-8-11/h4-8,10,12-13,15H,9H2,1-3H3/t10-,12+,13-,15-/m1/s1. The van der Waals surface area contributed by atoms with Gasteiger partial charge in [-0.2, -0.15) is 0 Å². The van der Waals surface area contributed by atoms with Crippen molar-refractivity contribution in [1.29, 1.82) is 0 Å². The van der Waals surface area contributed by atoms with Gasteiger partial charge in [0.05, 0.1) is 17.8 Å². The van der Waals surface area contributed by atoms with Gasteiger partial charge in [-0.3, -0.25) is 0 Å². The zero-order chi connectivity index (χ0) is 15.0. The second kappa shape index (κ2) is 5.40. The molecule has 1 aromatic carbocycles. The van der Waals surface area contributed by atoms with E-state index < -0.39 is 18.0 Å². The molecule has 0 saturated carbocycles. The lowest BCUT2D eigenvalue weighted by Crippen LogP contribution is -2.48. The molecular weight excluding hydrogens is 272 g/mol. The lowest BCUT2D eigenvalue weighted by atomic mass is 10.0. The van der Waals surface area contributed by atoms with Crippen molar-refractivity contribution in [2.24, 2.45) is 0 Å². The summed E-state index contributed by atoms with van der Waals surface area (Å²) in [5.41, 5.74) is 0.494. The highest BCUT2D eigenvalue weighted by molar-refractivity contribution is 5.89. The second-order valence-electron chi connectivity index (χ2n) is 5.96. The number of fused-ring (bicyclic) bond motifs is 1. The van der Waals surface area contributed by atoms with Crippen LogP contribution in [0.1, 0.15) is 37.6 Å². The van der Waals surface area contributed by atoms with Gasteiger partial charge in [-0.15, -0.1) is 0 Å². The van der Waals surface area contributed by atoms with Crippen molar-refractivity contribution in [1.82, 2.24) is 0 Å². The van der Waals surface area contributed by atoms with E-state index in [2.05, 4.69) is 0 Å². The summed E-state index contributed by atoms with van der Waals surface area (Å²) in [5.74, 6) is -1.10. The Morgan fingerprint density at radius 2 is 1.95 bits per heavy atom. The molecule has 0 N–H and O–H groups in total. The highest BCUT2D eigenvalue weighted by Gasteiger charge is 2.51. The number of esters is 1. The van der Waals surface area contributed by atoms with E-state index >= 15 is 0 Å². The minimum atomic E-state index is -0.742. The van der Waals surface area contributed by atoms with Gasteiger partial charge in [0.1, 0.15) is 6.10 Å². The summed E-state index contributed by atoms with van der Waals surface area (Å²) in [7, 11) is 0. The molecule has 2 fully saturated rings. The number of rotatable bonds is 2. The molecule has 0 bridgehead atoms. The Kier molecular flexibility index (Phi) is 3.73. The predicted octanol–water partition coefficient (Wildman–Crippen LogP) is 2.50. The van der Waals surface area contributed by atoms with Gasteiger partial charge in [0.15, 0.2) is 5.79 Å². The first-order valence-corrected chi connectivity index (χ1v) is 7.22. The monoisotopic (exact) mass is 292 g/mol. The summed E-state index contributed by atoms with van der Waals surface area (Å²) in [6.45, 7) is 5.65. The molecule has 1 aromatic rings. The largest absolute Gasteiger partial charge is 0.429 e. The maximum atomic E-state index is 12.2. The Morgan fingerprint density at radius 1 is 1.24 bits per heavy atom. The predicted molar refractivity (Wildman–Crippen MR) is 74.6 cm³/mol. The minimum absolute atomic E-state index is 0.0441. The first-order valence-electron chi connectivity index (χ1n) is 7.22. The molecule has 0 aromatic heterocycles. The number of hydrogen-bond acceptors (Lipinski definition) is 5. The minimum Gasteiger partial charge on any atom is -0.429 e. The fourth-order valence-corrected chi connectivity index (χ4v) is 2.81. The maximum Gasteiger partial charge on any atom is 0.340 e. The van der Waals surface area contributed by atoms with Crippen molar-refractivity contribution in [2.45, 2.75) is 57.6 Å².